The van der Waals surface area contributed by atoms with Crippen molar-refractivity contribution in [3.63, 3.8) is 0 Å². The number of amidine groups is 1. The summed E-state index contributed by atoms with van der Waals surface area (Å²) in [6.07, 6.45) is -5.70. The van der Waals surface area contributed by atoms with Crippen LogP contribution in [0.25, 0.3) is 0 Å². The maximum Gasteiger partial charge on any atom is 0.490 e. The zero-order valence-corrected chi connectivity index (χ0v) is 12.1. The van der Waals surface area contributed by atoms with Crippen molar-refractivity contribution in [1.29, 1.82) is 5.41 Å². The molecule has 0 unspecified atom stereocenters. The number of halogens is 3. The Morgan fingerprint density at radius 3 is 2.13 bits per heavy atom. The maximum atomic E-state index is 11.1. The molecule has 10 heteroatoms. The van der Waals surface area contributed by atoms with Crippen LogP contribution in [0, 0.1) is 5.41 Å². The highest BCUT2D eigenvalue weighted by molar-refractivity contribution is 6.04. The molecule has 23 heavy (non-hydrogen) atoms. The number of carbonyl (C=O) groups is 2. The fourth-order valence-electron chi connectivity index (χ4n) is 1.15. The Balaban J connectivity index is 0.000000585. The molecular formula is C13H16F3N3O4. The highest BCUT2D eigenvalue weighted by Gasteiger charge is 2.38. The second-order valence-electron chi connectivity index (χ2n) is 3.92. The predicted octanol–water partition coefficient (Wildman–Crippen LogP) is 1.85. The largest absolute Gasteiger partial charge is 0.490 e. The molecule has 1 amide bonds. The van der Waals surface area contributed by atoms with Gasteiger partial charge in [-0.15, -0.1) is 0 Å². The highest BCUT2D eigenvalue weighted by atomic mass is 19.4. The highest BCUT2D eigenvalue weighted by Crippen LogP contribution is 2.13. The average molecular weight is 335 g/mol. The third-order valence-electron chi connectivity index (χ3n) is 2.22. The van der Waals surface area contributed by atoms with Gasteiger partial charge in [-0.2, -0.15) is 13.2 Å². The van der Waals surface area contributed by atoms with E-state index < -0.39 is 18.2 Å². The normalized spacial score (nSPS) is 10.1. The van der Waals surface area contributed by atoms with Crippen molar-refractivity contribution < 1.29 is 32.6 Å². The quantitative estimate of drug-likeness (QED) is 0.495. The molecule has 128 valence electrons. The Morgan fingerprint density at radius 1 is 1.30 bits per heavy atom. The van der Waals surface area contributed by atoms with Gasteiger partial charge in [-0.1, -0.05) is 24.3 Å². The molecule has 7 nitrogen and oxygen atoms in total. The van der Waals surface area contributed by atoms with Gasteiger partial charge in [0.1, 0.15) is 5.84 Å². The summed E-state index contributed by atoms with van der Waals surface area (Å²) in [6.45, 7) is 2.45. The van der Waals surface area contributed by atoms with Crippen molar-refractivity contribution >= 4 is 17.9 Å². The Hall–Kier alpha value is -2.62. The predicted molar refractivity (Wildman–Crippen MR) is 75.0 cm³/mol. The molecule has 0 aliphatic heterocycles. The van der Waals surface area contributed by atoms with Crippen LogP contribution < -0.4 is 11.1 Å². The standard InChI is InChI=1S/C11H15N3O2.C2HF3O2/c1-2-16-11(15)14-10(13)9-5-3-8(7-12)4-6-9;3-2(4,5)1(6)7/h3-6H,2,7,12H2,1H3,(H2,13,14,15);(H,6,7). The summed E-state index contributed by atoms with van der Waals surface area (Å²) in [7, 11) is 0. The summed E-state index contributed by atoms with van der Waals surface area (Å²) < 4.78 is 36.4. The molecule has 0 aromatic heterocycles. The van der Waals surface area contributed by atoms with Gasteiger partial charge in [-0.3, -0.25) is 10.7 Å². The number of hydrogen-bond donors (Lipinski definition) is 4. The summed E-state index contributed by atoms with van der Waals surface area (Å²) in [5.74, 6) is -2.74. The van der Waals surface area contributed by atoms with Crippen LogP contribution in [0.1, 0.15) is 18.1 Å². The second kappa shape index (κ2) is 9.41. The number of ether oxygens (including phenoxy) is 1. The summed E-state index contributed by atoms with van der Waals surface area (Å²) in [5.41, 5.74) is 7.05. The summed E-state index contributed by atoms with van der Waals surface area (Å²) >= 11 is 0. The van der Waals surface area contributed by atoms with Crippen molar-refractivity contribution in [2.45, 2.75) is 19.6 Å². The van der Waals surface area contributed by atoms with Crippen molar-refractivity contribution in [1.82, 2.24) is 5.32 Å². The van der Waals surface area contributed by atoms with Gasteiger partial charge >= 0.3 is 18.2 Å². The minimum Gasteiger partial charge on any atom is -0.475 e. The molecule has 1 rings (SSSR count). The van der Waals surface area contributed by atoms with Crippen molar-refractivity contribution in [3.05, 3.63) is 35.4 Å². The van der Waals surface area contributed by atoms with Crippen molar-refractivity contribution in [2.75, 3.05) is 6.61 Å². The molecule has 0 spiro atoms. The summed E-state index contributed by atoms with van der Waals surface area (Å²) in [6, 6.07) is 7.10. The number of alkyl halides is 3. The van der Waals surface area contributed by atoms with Crippen LogP contribution in [-0.2, 0) is 16.1 Å². The van der Waals surface area contributed by atoms with E-state index >= 15 is 0 Å². The Kier molecular flexibility index (Phi) is 8.34. The van der Waals surface area contributed by atoms with Gasteiger partial charge in [0.15, 0.2) is 0 Å². The number of carboxylic acid groups (broad SMARTS) is 1. The third kappa shape index (κ3) is 8.41. The minimum atomic E-state index is -5.08. The van der Waals surface area contributed by atoms with Crippen LogP contribution in [0.2, 0.25) is 0 Å². The smallest absolute Gasteiger partial charge is 0.475 e. The van der Waals surface area contributed by atoms with E-state index in [1.165, 1.54) is 0 Å². The van der Waals surface area contributed by atoms with Crippen LogP contribution in [-0.4, -0.2) is 35.8 Å². The van der Waals surface area contributed by atoms with Gasteiger partial charge in [0.05, 0.1) is 6.61 Å². The van der Waals surface area contributed by atoms with E-state index in [9.17, 15) is 18.0 Å². The molecule has 0 atom stereocenters. The van der Waals surface area contributed by atoms with E-state index in [4.69, 9.17) is 21.0 Å². The first-order valence-corrected chi connectivity index (χ1v) is 6.23. The third-order valence-corrected chi connectivity index (χ3v) is 2.22. The lowest BCUT2D eigenvalue weighted by Gasteiger charge is -2.07. The fraction of sp³-hybridized carbons (Fsp3) is 0.308. The van der Waals surface area contributed by atoms with Crippen LogP contribution >= 0.6 is 0 Å². The summed E-state index contributed by atoms with van der Waals surface area (Å²) in [4.78, 5) is 20.0. The van der Waals surface area contributed by atoms with E-state index in [0.29, 0.717) is 12.1 Å². The second-order valence-corrected chi connectivity index (χ2v) is 3.92. The first-order valence-electron chi connectivity index (χ1n) is 6.23. The van der Waals surface area contributed by atoms with Gasteiger partial charge in [0, 0.05) is 12.1 Å². The van der Waals surface area contributed by atoms with Crippen LogP contribution in [0.4, 0.5) is 18.0 Å². The summed E-state index contributed by atoms with van der Waals surface area (Å²) in [5, 5.41) is 17.1. The average Bonchev–Trinajstić information content (AvgIpc) is 2.47. The zero-order chi connectivity index (χ0) is 18.0. The molecule has 1 aromatic carbocycles. The molecule has 0 aliphatic rings. The van der Waals surface area contributed by atoms with Gasteiger partial charge in [-0.25, -0.2) is 9.59 Å². The molecule has 0 aliphatic carbocycles. The van der Waals surface area contributed by atoms with Crippen LogP contribution in [0.5, 0.6) is 0 Å². The van der Waals surface area contributed by atoms with E-state index in [1.54, 1.807) is 19.1 Å². The number of nitrogens with two attached hydrogens (primary N) is 1. The molecule has 0 fully saturated rings. The first kappa shape index (κ1) is 20.4. The van der Waals surface area contributed by atoms with Crippen LogP contribution in [0.3, 0.4) is 0 Å². The minimum absolute atomic E-state index is 0.0158. The number of carboxylic acids is 1. The molecular weight excluding hydrogens is 319 g/mol. The number of rotatable bonds is 3. The van der Waals surface area contributed by atoms with E-state index in [2.05, 4.69) is 10.1 Å². The fourth-order valence-corrected chi connectivity index (χ4v) is 1.15. The zero-order valence-electron chi connectivity index (χ0n) is 12.1. The Labute approximate surface area is 129 Å². The van der Waals surface area contributed by atoms with Crippen LogP contribution in [0.15, 0.2) is 24.3 Å². The Morgan fingerprint density at radius 2 is 1.78 bits per heavy atom. The van der Waals surface area contributed by atoms with E-state index in [1.807, 2.05) is 12.1 Å². The number of amides is 1. The molecule has 0 bridgehead atoms. The topological polar surface area (TPSA) is 126 Å². The lowest BCUT2D eigenvalue weighted by Crippen LogP contribution is -2.31. The SMILES string of the molecule is CCOC(=O)NC(=N)c1ccc(CN)cc1.O=C(O)C(F)(F)F. The lowest BCUT2D eigenvalue weighted by atomic mass is 10.1. The van der Waals surface area contributed by atoms with E-state index in [-0.39, 0.29) is 12.4 Å². The van der Waals surface area contributed by atoms with Gasteiger partial charge in [0.2, 0.25) is 0 Å². The molecule has 0 saturated carbocycles. The van der Waals surface area contributed by atoms with Gasteiger partial charge < -0.3 is 15.6 Å². The number of hydrogen-bond acceptors (Lipinski definition) is 5. The Bertz CT molecular complexity index is 544. The van der Waals surface area contributed by atoms with Gasteiger partial charge in [0.25, 0.3) is 0 Å². The molecule has 0 saturated heterocycles. The molecule has 0 heterocycles. The molecule has 5 N–H and O–H groups in total. The molecule has 1 aromatic rings. The van der Waals surface area contributed by atoms with Crippen molar-refractivity contribution in [2.24, 2.45) is 5.73 Å². The number of aliphatic carboxylic acids is 1. The maximum absolute atomic E-state index is 11.1. The first-order chi connectivity index (χ1) is 10.6. The number of alkyl carbamates (subject to hydrolysis) is 1. The number of benzene rings is 1. The lowest BCUT2D eigenvalue weighted by molar-refractivity contribution is -0.192. The van der Waals surface area contributed by atoms with Gasteiger partial charge in [-0.05, 0) is 12.5 Å². The monoisotopic (exact) mass is 335 g/mol. The molecule has 0 radical (unpaired) electrons. The number of nitrogens with one attached hydrogen (secondary N) is 2. The van der Waals surface area contributed by atoms with E-state index in [0.717, 1.165) is 5.56 Å². The number of carbonyl (C=O) groups excluding carboxylic acids is 1. The van der Waals surface area contributed by atoms with Crippen molar-refractivity contribution in [3.8, 4) is 0 Å².